The van der Waals surface area contributed by atoms with Crippen molar-refractivity contribution in [1.82, 2.24) is 20.7 Å². The van der Waals surface area contributed by atoms with Crippen molar-refractivity contribution in [2.45, 2.75) is 27.3 Å². The molecule has 0 saturated heterocycles. The lowest BCUT2D eigenvalue weighted by Gasteiger charge is -2.18. The number of nitrogens with zero attached hydrogens (tertiary/aromatic N) is 2. The topological polar surface area (TPSA) is 87.5 Å². The van der Waals surface area contributed by atoms with Gasteiger partial charge in [0.2, 0.25) is 0 Å². The fraction of sp³-hybridized carbons (Fsp3) is 0.389. The molecule has 0 bridgehead atoms. The molecule has 0 unspecified atom stereocenters. The third-order valence-electron chi connectivity index (χ3n) is 3.92. The summed E-state index contributed by atoms with van der Waals surface area (Å²) in [5, 5.41) is 9.43. The third kappa shape index (κ3) is 5.07. The molecule has 25 heavy (non-hydrogen) atoms. The lowest BCUT2D eigenvalue weighted by atomic mass is 10.1. The van der Waals surface area contributed by atoms with Gasteiger partial charge in [-0.1, -0.05) is 22.9 Å². The number of carbonyl (C=O) groups excluding carboxylic acids is 2. The average Bonchev–Trinajstić information content (AvgIpc) is 2.90. The standard InChI is InChI=1S/C18H24N4O3/c1-12-5-7-15(8-6-12)17(23)19-9-10-20-18(24)22(4)11-16-13(2)21-25-14(16)3/h5-8H,9-11H2,1-4H3,(H,19,23)(H,20,24). The summed E-state index contributed by atoms with van der Waals surface area (Å²) < 4.78 is 5.09. The molecule has 0 spiro atoms. The first kappa shape index (κ1) is 18.5. The number of aryl methyl sites for hydroxylation is 3. The molecule has 0 radical (unpaired) electrons. The summed E-state index contributed by atoms with van der Waals surface area (Å²) in [7, 11) is 1.70. The Bertz CT molecular complexity index is 718. The van der Waals surface area contributed by atoms with Crippen LogP contribution in [0.4, 0.5) is 4.79 Å². The first-order chi connectivity index (χ1) is 11.9. The Balaban J connectivity index is 1.73. The zero-order valence-corrected chi connectivity index (χ0v) is 15.0. The molecule has 1 aromatic carbocycles. The number of hydrogen-bond acceptors (Lipinski definition) is 4. The molecule has 0 aliphatic carbocycles. The summed E-state index contributed by atoms with van der Waals surface area (Å²) >= 11 is 0. The summed E-state index contributed by atoms with van der Waals surface area (Å²) in [6, 6.07) is 7.12. The lowest BCUT2D eigenvalue weighted by Crippen LogP contribution is -2.41. The van der Waals surface area contributed by atoms with Crippen LogP contribution in [0.2, 0.25) is 0 Å². The van der Waals surface area contributed by atoms with Crippen LogP contribution in [0.3, 0.4) is 0 Å². The van der Waals surface area contributed by atoms with Gasteiger partial charge in [0.25, 0.3) is 5.91 Å². The van der Waals surface area contributed by atoms with E-state index < -0.39 is 0 Å². The maximum absolute atomic E-state index is 12.1. The molecule has 0 aliphatic heterocycles. The Morgan fingerprint density at radius 1 is 1.08 bits per heavy atom. The molecule has 2 N–H and O–H groups in total. The smallest absolute Gasteiger partial charge is 0.317 e. The van der Waals surface area contributed by atoms with Gasteiger partial charge in [0.05, 0.1) is 12.2 Å². The second kappa shape index (κ2) is 8.32. The van der Waals surface area contributed by atoms with Crippen LogP contribution in [0.1, 0.15) is 32.9 Å². The van der Waals surface area contributed by atoms with Crippen molar-refractivity contribution in [2.24, 2.45) is 0 Å². The second-order valence-corrected chi connectivity index (χ2v) is 6.01. The van der Waals surface area contributed by atoms with Gasteiger partial charge in [-0.15, -0.1) is 0 Å². The minimum atomic E-state index is -0.218. The summed E-state index contributed by atoms with van der Waals surface area (Å²) in [5.41, 5.74) is 3.39. The maximum Gasteiger partial charge on any atom is 0.317 e. The van der Waals surface area contributed by atoms with E-state index in [1.165, 1.54) is 0 Å². The molecule has 1 heterocycles. The molecule has 3 amide bonds. The van der Waals surface area contributed by atoms with Gasteiger partial charge in [0.1, 0.15) is 5.76 Å². The number of nitrogens with one attached hydrogen (secondary N) is 2. The maximum atomic E-state index is 12.1. The van der Waals surface area contributed by atoms with Crippen molar-refractivity contribution in [3.05, 3.63) is 52.4 Å². The molecule has 134 valence electrons. The Hall–Kier alpha value is -2.83. The first-order valence-corrected chi connectivity index (χ1v) is 8.14. The Labute approximate surface area is 147 Å². The third-order valence-corrected chi connectivity index (χ3v) is 3.92. The van der Waals surface area contributed by atoms with Crippen LogP contribution in [-0.4, -0.2) is 42.1 Å². The molecular formula is C18H24N4O3. The second-order valence-electron chi connectivity index (χ2n) is 6.01. The highest BCUT2D eigenvalue weighted by Crippen LogP contribution is 2.14. The van der Waals surface area contributed by atoms with Gasteiger partial charge < -0.3 is 20.1 Å². The first-order valence-electron chi connectivity index (χ1n) is 8.14. The summed E-state index contributed by atoms with van der Waals surface area (Å²) in [5.74, 6) is 0.556. The highest BCUT2D eigenvalue weighted by molar-refractivity contribution is 5.94. The van der Waals surface area contributed by atoms with E-state index in [0.29, 0.717) is 31.0 Å². The lowest BCUT2D eigenvalue weighted by molar-refractivity contribution is 0.0953. The molecule has 1 aromatic heterocycles. The van der Waals surface area contributed by atoms with E-state index in [2.05, 4.69) is 15.8 Å². The summed E-state index contributed by atoms with van der Waals surface area (Å²) in [4.78, 5) is 25.6. The van der Waals surface area contributed by atoms with Crippen molar-refractivity contribution in [3.63, 3.8) is 0 Å². The van der Waals surface area contributed by atoms with Gasteiger partial charge in [-0.25, -0.2) is 4.79 Å². The van der Waals surface area contributed by atoms with Gasteiger partial charge in [0, 0.05) is 31.3 Å². The molecule has 2 aromatic rings. The van der Waals surface area contributed by atoms with Crippen molar-refractivity contribution >= 4 is 11.9 Å². The molecule has 0 aliphatic rings. The predicted molar refractivity (Wildman–Crippen MR) is 94.4 cm³/mol. The number of carbonyl (C=O) groups is 2. The van der Waals surface area contributed by atoms with Crippen molar-refractivity contribution in [3.8, 4) is 0 Å². The highest BCUT2D eigenvalue weighted by atomic mass is 16.5. The van der Waals surface area contributed by atoms with Gasteiger partial charge in [-0.2, -0.15) is 0 Å². The molecular weight excluding hydrogens is 320 g/mol. The quantitative estimate of drug-likeness (QED) is 0.786. The largest absolute Gasteiger partial charge is 0.361 e. The number of aromatic nitrogens is 1. The van der Waals surface area contributed by atoms with Crippen LogP contribution in [0, 0.1) is 20.8 Å². The van der Waals surface area contributed by atoms with E-state index >= 15 is 0 Å². The molecule has 0 saturated carbocycles. The van der Waals surface area contributed by atoms with E-state index in [1.54, 1.807) is 24.1 Å². The van der Waals surface area contributed by atoms with E-state index in [9.17, 15) is 9.59 Å². The van der Waals surface area contributed by atoms with Crippen LogP contribution >= 0.6 is 0 Å². The van der Waals surface area contributed by atoms with E-state index in [1.807, 2.05) is 32.9 Å². The van der Waals surface area contributed by atoms with Crippen LogP contribution in [0.15, 0.2) is 28.8 Å². The van der Waals surface area contributed by atoms with Crippen LogP contribution < -0.4 is 10.6 Å². The fourth-order valence-corrected chi connectivity index (χ4v) is 2.32. The number of benzene rings is 1. The van der Waals surface area contributed by atoms with Crippen LogP contribution in [0.25, 0.3) is 0 Å². The van der Waals surface area contributed by atoms with E-state index in [4.69, 9.17) is 4.52 Å². The SMILES string of the molecule is Cc1ccc(C(=O)NCCNC(=O)N(C)Cc2c(C)noc2C)cc1. The van der Waals surface area contributed by atoms with Crippen molar-refractivity contribution < 1.29 is 14.1 Å². The molecule has 0 fully saturated rings. The number of rotatable bonds is 6. The molecule has 0 atom stereocenters. The molecule has 2 rings (SSSR count). The monoisotopic (exact) mass is 344 g/mol. The van der Waals surface area contributed by atoms with Crippen LogP contribution in [-0.2, 0) is 6.54 Å². The van der Waals surface area contributed by atoms with Crippen LogP contribution in [0.5, 0.6) is 0 Å². The normalized spacial score (nSPS) is 10.4. The van der Waals surface area contributed by atoms with Gasteiger partial charge in [-0.3, -0.25) is 4.79 Å². The number of hydrogen-bond donors (Lipinski definition) is 2. The zero-order valence-electron chi connectivity index (χ0n) is 15.0. The highest BCUT2D eigenvalue weighted by Gasteiger charge is 2.15. The average molecular weight is 344 g/mol. The minimum Gasteiger partial charge on any atom is -0.361 e. The number of amides is 3. The molecule has 7 nitrogen and oxygen atoms in total. The van der Waals surface area contributed by atoms with Gasteiger partial charge in [0.15, 0.2) is 0 Å². The zero-order chi connectivity index (χ0) is 18.4. The Morgan fingerprint density at radius 2 is 1.72 bits per heavy atom. The molecule has 7 heteroatoms. The summed E-state index contributed by atoms with van der Waals surface area (Å²) in [6.07, 6.45) is 0. The van der Waals surface area contributed by atoms with Gasteiger partial charge >= 0.3 is 6.03 Å². The Morgan fingerprint density at radius 3 is 2.32 bits per heavy atom. The number of urea groups is 1. The van der Waals surface area contributed by atoms with E-state index in [-0.39, 0.29) is 11.9 Å². The van der Waals surface area contributed by atoms with Crippen molar-refractivity contribution in [2.75, 3.05) is 20.1 Å². The fourth-order valence-electron chi connectivity index (χ4n) is 2.32. The van der Waals surface area contributed by atoms with Gasteiger partial charge in [-0.05, 0) is 32.9 Å². The van der Waals surface area contributed by atoms with Crippen molar-refractivity contribution in [1.29, 1.82) is 0 Å². The summed E-state index contributed by atoms with van der Waals surface area (Å²) in [6.45, 7) is 6.76. The van der Waals surface area contributed by atoms with E-state index in [0.717, 1.165) is 16.8 Å². The Kier molecular flexibility index (Phi) is 6.16. The predicted octanol–water partition coefficient (Wildman–Crippen LogP) is 2.17. The minimum absolute atomic E-state index is 0.154.